The molecule has 2 aromatic rings. The highest BCUT2D eigenvalue weighted by Crippen LogP contribution is 2.20. The van der Waals surface area contributed by atoms with Crippen LogP contribution in [0.4, 0.5) is 0 Å². The van der Waals surface area contributed by atoms with Crippen LogP contribution in [0, 0.1) is 20.8 Å². The fourth-order valence-electron chi connectivity index (χ4n) is 2.19. The van der Waals surface area contributed by atoms with Gasteiger partial charge in [0.25, 0.3) is 0 Å². The smallest absolute Gasteiger partial charge is 0.244 e. The molecule has 0 radical (unpaired) electrons. The van der Waals surface area contributed by atoms with E-state index in [0.29, 0.717) is 11.4 Å². The summed E-state index contributed by atoms with van der Waals surface area (Å²) in [5.41, 5.74) is 3.03. The van der Waals surface area contributed by atoms with Crippen molar-refractivity contribution in [2.24, 2.45) is 0 Å². The predicted octanol–water partition coefficient (Wildman–Crippen LogP) is 1.34. The zero-order valence-corrected chi connectivity index (χ0v) is 13.9. The van der Waals surface area contributed by atoms with Crippen LogP contribution in [0.15, 0.2) is 15.7 Å². The molecule has 116 valence electrons. The van der Waals surface area contributed by atoms with Gasteiger partial charge in [-0.3, -0.25) is 4.68 Å². The zero-order valence-electron chi connectivity index (χ0n) is 12.3. The van der Waals surface area contributed by atoms with E-state index in [1.165, 1.54) is 4.68 Å². The van der Waals surface area contributed by atoms with Crippen LogP contribution in [0.1, 0.15) is 22.5 Å². The summed E-state index contributed by atoms with van der Waals surface area (Å²) in [6, 6.07) is 0. The molecule has 0 aliphatic carbocycles. The van der Waals surface area contributed by atoms with Gasteiger partial charge in [-0.05, 0) is 42.7 Å². The summed E-state index contributed by atoms with van der Waals surface area (Å²) >= 11 is 1.55. The molecule has 2 heterocycles. The van der Waals surface area contributed by atoms with Gasteiger partial charge in [0, 0.05) is 6.54 Å². The van der Waals surface area contributed by atoms with Crippen LogP contribution in [-0.4, -0.2) is 29.9 Å². The van der Waals surface area contributed by atoms with Gasteiger partial charge in [0.15, 0.2) is 0 Å². The molecular formula is C13H19N3O3S2. The van der Waals surface area contributed by atoms with E-state index in [-0.39, 0.29) is 24.6 Å². The summed E-state index contributed by atoms with van der Waals surface area (Å²) in [7, 11) is -3.62. The Labute approximate surface area is 128 Å². The highest BCUT2D eigenvalue weighted by Gasteiger charge is 2.24. The molecule has 0 atom stereocenters. The van der Waals surface area contributed by atoms with E-state index in [1.54, 1.807) is 25.2 Å². The molecule has 2 aromatic heterocycles. The Bertz CT molecular complexity index is 732. The molecule has 0 aliphatic heterocycles. The van der Waals surface area contributed by atoms with Crippen molar-refractivity contribution < 1.29 is 13.5 Å². The Balaban J connectivity index is 2.25. The van der Waals surface area contributed by atoms with Crippen LogP contribution in [0.25, 0.3) is 0 Å². The van der Waals surface area contributed by atoms with Crippen LogP contribution < -0.4 is 4.72 Å². The second-order valence-corrected chi connectivity index (χ2v) is 7.30. The molecule has 2 N–H and O–H groups in total. The Morgan fingerprint density at radius 2 is 2.05 bits per heavy atom. The molecule has 0 aliphatic rings. The standard InChI is InChI=1S/C13H19N3O3S2/c1-9-7-20-8-12(9)6-14-21(18,19)13-10(2)15-16(4-5-17)11(13)3/h7-8,14,17H,4-6H2,1-3H3. The van der Waals surface area contributed by atoms with Crippen LogP contribution in [0.3, 0.4) is 0 Å². The molecule has 0 unspecified atom stereocenters. The number of nitrogens with one attached hydrogen (secondary N) is 1. The van der Waals surface area contributed by atoms with Gasteiger partial charge in [-0.1, -0.05) is 0 Å². The molecule has 6 nitrogen and oxygen atoms in total. The van der Waals surface area contributed by atoms with E-state index in [9.17, 15) is 8.42 Å². The summed E-state index contributed by atoms with van der Waals surface area (Å²) in [6.07, 6.45) is 0. The number of aromatic nitrogens is 2. The number of aryl methyl sites for hydroxylation is 2. The maximum absolute atomic E-state index is 12.5. The minimum Gasteiger partial charge on any atom is -0.394 e. The molecule has 8 heteroatoms. The van der Waals surface area contributed by atoms with Crippen molar-refractivity contribution in [3.05, 3.63) is 33.3 Å². The van der Waals surface area contributed by atoms with E-state index in [1.807, 2.05) is 17.7 Å². The number of hydrogen-bond donors (Lipinski definition) is 2. The average molecular weight is 329 g/mol. The Hall–Kier alpha value is -1.22. The second-order valence-electron chi connectivity index (χ2n) is 4.85. The van der Waals surface area contributed by atoms with Crippen molar-refractivity contribution in [3.8, 4) is 0 Å². The molecule has 0 saturated carbocycles. The van der Waals surface area contributed by atoms with Crippen molar-refractivity contribution in [2.45, 2.75) is 38.8 Å². The zero-order chi connectivity index (χ0) is 15.6. The molecule has 0 aromatic carbocycles. The first-order valence-electron chi connectivity index (χ1n) is 6.53. The fourth-order valence-corrected chi connectivity index (χ4v) is 4.47. The summed E-state index contributed by atoms with van der Waals surface area (Å²) in [4.78, 5) is 0.198. The highest BCUT2D eigenvalue weighted by molar-refractivity contribution is 7.89. The topological polar surface area (TPSA) is 84.2 Å². The van der Waals surface area contributed by atoms with E-state index < -0.39 is 10.0 Å². The van der Waals surface area contributed by atoms with Crippen molar-refractivity contribution in [3.63, 3.8) is 0 Å². The van der Waals surface area contributed by atoms with Gasteiger partial charge in [0.1, 0.15) is 4.90 Å². The van der Waals surface area contributed by atoms with E-state index >= 15 is 0 Å². The first-order valence-corrected chi connectivity index (χ1v) is 8.95. The summed E-state index contributed by atoms with van der Waals surface area (Å²) in [6.45, 7) is 5.78. The molecular weight excluding hydrogens is 310 g/mol. The van der Waals surface area contributed by atoms with Gasteiger partial charge in [0.2, 0.25) is 10.0 Å². The van der Waals surface area contributed by atoms with Crippen LogP contribution in [0.2, 0.25) is 0 Å². The second kappa shape index (κ2) is 6.27. The number of nitrogens with zero attached hydrogens (tertiary/aromatic N) is 2. The number of rotatable bonds is 6. The molecule has 21 heavy (non-hydrogen) atoms. The summed E-state index contributed by atoms with van der Waals surface area (Å²) in [5.74, 6) is 0. The minimum absolute atomic E-state index is 0.0804. The average Bonchev–Trinajstić information content (AvgIpc) is 2.92. The van der Waals surface area contributed by atoms with E-state index in [0.717, 1.165) is 11.1 Å². The van der Waals surface area contributed by atoms with E-state index in [4.69, 9.17) is 5.11 Å². The lowest BCUT2D eigenvalue weighted by Crippen LogP contribution is -2.24. The van der Waals surface area contributed by atoms with Gasteiger partial charge in [-0.25, -0.2) is 13.1 Å². The number of aliphatic hydroxyl groups excluding tert-OH is 1. The Morgan fingerprint density at radius 3 is 2.62 bits per heavy atom. The summed E-state index contributed by atoms with van der Waals surface area (Å²) in [5, 5.41) is 17.1. The number of sulfonamides is 1. The van der Waals surface area contributed by atoms with Crippen molar-refractivity contribution in [2.75, 3.05) is 6.61 Å². The van der Waals surface area contributed by atoms with Gasteiger partial charge in [-0.15, -0.1) is 0 Å². The third-order valence-electron chi connectivity index (χ3n) is 3.31. The van der Waals surface area contributed by atoms with Crippen LogP contribution >= 0.6 is 11.3 Å². The third kappa shape index (κ3) is 3.34. The predicted molar refractivity (Wildman–Crippen MR) is 81.9 cm³/mol. The first kappa shape index (κ1) is 16.2. The molecule has 0 amide bonds. The number of thiophene rings is 1. The molecule has 0 saturated heterocycles. The highest BCUT2D eigenvalue weighted by atomic mass is 32.2. The molecule has 0 bridgehead atoms. The molecule has 0 spiro atoms. The number of aliphatic hydroxyl groups is 1. The lowest BCUT2D eigenvalue weighted by atomic mass is 10.2. The maximum atomic E-state index is 12.5. The van der Waals surface area contributed by atoms with Crippen LogP contribution in [0.5, 0.6) is 0 Å². The third-order valence-corrected chi connectivity index (χ3v) is 5.87. The van der Waals surface area contributed by atoms with Gasteiger partial charge >= 0.3 is 0 Å². The van der Waals surface area contributed by atoms with Gasteiger partial charge in [-0.2, -0.15) is 16.4 Å². The number of hydrogen-bond acceptors (Lipinski definition) is 5. The SMILES string of the molecule is Cc1cscc1CNS(=O)(=O)c1c(C)nn(CCO)c1C. The lowest BCUT2D eigenvalue weighted by Gasteiger charge is -2.07. The molecule has 0 fully saturated rings. The monoisotopic (exact) mass is 329 g/mol. The summed E-state index contributed by atoms with van der Waals surface area (Å²) < 4.78 is 29.1. The minimum atomic E-state index is -3.62. The fraction of sp³-hybridized carbons (Fsp3) is 0.462. The largest absolute Gasteiger partial charge is 0.394 e. The van der Waals surface area contributed by atoms with Gasteiger partial charge < -0.3 is 5.11 Å². The van der Waals surface area contributed by atoms with Crippen molar-refractivity contribution >= 4 is 21.4 Å². The lowest BCUT2D eigenvalue weighted by molar-refractivity contribution is 0.267. The van der Waals surface area contributed by atoms with Crippen molar-refractivity contribution in [1.82, 2.24) is 14.5 Å². The Kier molecular flexibility index (Phi) is 4.82. The normalized spacial score (nSPS) is 12.0. The quantitative estimate of drug-likeness (QED) is 0.838. The Morgan fingerprint density at radius 1 is 1.33 bits per heavy atom. The van der Waals surface area contributed by atoms with Crippen molar-refractivity contribution in [1.29, 1.82) is 0 Å². The first-order chi connectivity index (χ1) is 9.86. The van der Waals surface area contributed by atoms with Crippen LogP contribution in [-0.2, 0) is 23.1 Å². The molecule has 2 rings (SSSR count). The van der Waals surface area contributed by atoms with Gasteiger partial charge in [0.05, 0.1) is 24.5 Å². The maximum Gasteiger partial charge on any atom is 0.244 e. The van der Waals surface area contributed by atoms with E-state index in [2.05, 4.69) is 9.82 Å².